The van der Waals surface area contributed by atoms with Crippen molar-refractivity contribution in [3.63, 3.8) is 0 Å². The van der Waals surface area contributed by atoms with Crippen molar-refractivity contribution in [2.45, 2.75) is 50.3 Å². The second-order valence-corrected chi connectivity index (χ2v) is 7.12. The molecule has 0 aromatic heterocycles. The van der Waals surface area contributed by atoms with Crippen LogP contribution in [0.25, 0.3) is 0 Å². The van der Waals surface area contributed by atoms with Gasteiger partial charge in [-0.1, -0.05) is 40.9 Å². The Balaban J connectivity index is 2.13. The van der Waals surface area contributed by atoms with E-state index in [9.17, 15) is 5.11 Å². The van der Waals surface area contributed by atoms with Crippen LogP contribution in [0.4, 0.5) is 0 Å². The zero-order chi connectivity index (χ0) is 14.8. The van der Waals surface area contributed by atoms with Gasteiger partial charge in [0.05, 0.1) is 5.60 Å². The molecule has 0 heterocycles. The molecule has 1 saturated carbocycles. The van der Waals surface area contributed by atoms with Crippen molar-refractivity contribution in [3.05, 3.63) is 34.3 Å². The van der Waals surface area contributed by atoms with Crippen LogP contribution in [0.2, 0.25) is 0 Å². The van der Waals surface area contributed by atoms with Gasteiger partial charge in [0.2, 0.25) is 0 Å². The van der Waals surface area contributed by atoms with E-state index in [1.165, 1.54) is 5.56 Å². The third kappa shape index (κ3) is 3.82. The minimum absolute atomic E-state index is 0.0196. The summed E-state index contributed by atoms with van der Waals surface area (Å²) in [6.07, 6.45) is 4.07. The first-order chi connectivity index (χ1) is 9.41. The standard InChI is InChI=1S/C16H25BrN2O/c1-12(18)15(13-5-7-14(17)8-6-13)19(2)11-16(20)9-3-4-10-16/h5-8,12,15,20H,3-4,9-11,18H2,1-2H3. The van der Waals surface area contributed by atoms with Crippen LogP contribution in [-0.4, -0.2) is 35.2 Å². The molecule has 0 aliphatic heterocycles. The molecule has 4 heteroatoms. The topological polar surface area (TPSA) is 49.5 Å². The monoisotopic (exact) mass is 340 g/mol. The maximum atomic E-state index is 10.6. The minimum Gasteiger partial charge on any atom is -0.389 e. The third-order valence-corrected chi connectivity index (χ3v) is 4.79. The average molecular weight is 341 g/mol. The first-order valence-electron chi connectivity index (χ1n) is 7.35. The number of hydrogen-bond donors (Lipinski definition) is 2. The first-order valence-corrected chi connectivity index (χ1v) is 8.14. The largest absolute Gasteiger partial charge is 0.389 e. The van der Waals surface area contributed by atoms with Crippen molar-refractivity contribution in [1.82, 2.24) is 4.90 Å². The molecular weight excluding hydrogens is 316 g/mol. The van der Waals surface area contributed by atoms with Crippen molar-refractivity contribution in [2.75, 3.05) is 13.6 Å². The molecule has 112 valence electrons. The maximum absolute atomic E-state index is 10.6. The van der Waals surface area contributed by atoms with Crippen molar-refractivity contribution in [1.29, 1.82) is 0 Å². The van der Waals surface area contributed by atoms with Gasteiger partial charge in [-0.15, -0.1) is 0 Å². The summed E-state index contributed by atoms with van der Waals surface area (Å²) in [6.45, 7) is 2.72. The molecule has 1 fully saturated rings. The van der Waals surface area contributed by atoms with E-state index in [0.717, 1.165) is 30.2 Å². The van der Waals surface area contributed by atoms with Gasteiger partial charge in [0, 0.05) is 23.1 Å². The molecule has 1 aromatic rings. The molecule has 1 aliphatic carbocycles. The molecule has 20 heavy (non-hydrogen) atoms. The number of likely N-dealkylation sites (N-methyl/N-ethyl adjacent to an activating group) is 1. The number of halogens is 1. The van der Waals surface area contributed by atoms with E-state index < -0.39 is 5.60 Å². The lowest BCUT2D eigenvalue weighted by Gasteiger charge is -2.36. The van der Waals surface area contributed by atoms with Crippen LogP contribution in [0.3, 0.4) is 0 Å². The Morgan fingerprint density at radius 1 is 1.30 bits per heavy atom. The van der Waals surface area contributed by atoms with Gasteiger partial charge in [0.25, 0.3) is 0 Å². The van der Waals surface area contributed by atoms with Crippen molar-refractivity contribution >= 4 is 15.9 Å². The van der Waals surface area contributed by atoms with Crippen LogP contribution in [0, 0.1) is 0 Å². The molecule has 0 saturated heterocycles. The molecule has 0 bridgehead atoms. The van der Waals surface area contributed by atoms with Crippen LogP contribution in [-0.2, 0) is 0 Å². The van der Waals surface area contributed by atoms with Crippen LogP contribution >= 0.6 is 15.9 Å². The molecule has 2 unspecified atom stereocenters. The van der Waals surface area contributed by atoms with Gasteiger partial charge < -0.3 is 10.8 Å². The van der Waals surface area contributed by atoms with Crippen LogP contribution in [0.1, 0.15) is 44.2 Å². The Morgan fingerprint density at radius 2 is 1.85 bits per heavy atom. The highest BCUT2D eigenvalue weighted by molar-refractivity contribution is 9.10. The predicted octanol–water partition coefficient (Wildman–Crippen LogP) is 3.07. The average Bonchev–Trinajstić information content (AvgIpc) is 2.78. The lowest BCUT2D eigenvalue weighted by molar-refractivity contribution is 0.00253. The normalized spacial score (nSPS) is 21.1. The number of rotatable bonds is 5. The highest BCUT2D eigenvalue weighted by atomic mass is 79.9. The van der Waals surface area contributed by atoms with Crippen LogP contribution in [0.15, 0.2) is 28.7 Å². The second kappa shape index (κ2) is 6.56. The van der Waals surface area contributed by atoms with Gasteiger partial charge in [0.1, 0.15) is 0 Å². The minimum atomic E-state index is -0.531. The van der Waals surface area contributed by atoms with E-state index in [1.807, 2.05) is 19.1 Å². The Bertz CT molecular complexity index is 427. The lowest BCUT2D eigenvalue weighted by Crippen LogP contribution is -2.45. The summed E-state index contributed by atoms with van der Waals surface area (Å²) in [7, 11) is 2.06. The number of hydrogen-bond acceptors (Lipinski definition) is 3. The maximum Gasteiger partial charge on any atom is 0.0774 e. The van der Waals surface area contributed by atoms with Gasteiger partial charge in [-0.25, -0.2) is 0 Å². The van der Waals surface area contributed by atoms with E-state index in [4.69, 9.17) is 5.73 Å². The van der Waals surface area contributed by atoms with Crippen LogP contribution < -0.4 is 5.73 Å². The Hall–Kier alpha value is -0.420. The van der Waals surface area contributed by atoms with E-state index in [1.54, 1.807) is 0 Å². The number of benzene rings is 1. The van der Waals surface area contributed by atoms with Crippen LogP contribution in [0.5, 0.6) is 0 Å². The third-order valence-electron chi connectivity index (χ3n) is 4.26. The molecular formula is C16H25BrN2O. The summed E-state index contributed by atoms with van der Waals surface area (Å²) in [6, 6.07) is 8.45. The van der Waals surface area contributed by atoms with Gasteiger partial charge in [-0.05, 0) is 44.5 Å². The highest BCUT2D eigenvalue weighted by Gasteiger charge is 2.34. The molecule has 1 aliphatic rings. The summed E-state index contributed by atoms with van der Waals surface area (Å²) >= 11 is 3.46. The van der Waals surface area contributed by atoms with E-state index in [-0.39, 0.29) is 12.1 Å². The molecule has 0 amide bonds. The van der Waals surface area contributed by atoms with E-state index in [0.29, 0.717) is 6.54 Å². The predicted molar refractivity (Wildman–Crippen MR) is 86.6 cm³/mol. The van der Waals surface area contributed by atoms with Crippen molar-refractivity contribution in [2.24, 2.45) is 5.73 Å². The molecule has 1 aromatic carbocycles. The quantitative estimate of drug-likeness (QED) is 0.865. The molecule has 0 spiro atoms. The summed E-state index contributed by atoms with van der Waals surface area (Å²) in [5.41, 5.74) is 6.86. The molecule has 2 atom stereocenters. The summed E-state index contributed by atoms with van der Waals surface area (Å²) < 4.78 is 1.07. The summed E-state index contributed by atoms with van der Waals surface area (Å²) in [5, 5.41) is 10.6. The number of nitrogens with zero attached hydrogens (tertiary/aromatic N) is 1. The van der Waals surface area contributed by atoms with E-state index >= 15 is 0 Å². The fraction of sp³-hybridized carbons (Fsp3) is 0.625. The Morgan fingerprint density at radius 3 is 2.35 bits per heavy atom. The van der Waals surface area contributed by atoms with Gasteiger partial charge in [-0.2, -0.15) is 0 Å². The highest BCUT2D eigenvalue weighted by Crippen LogP contribution is 2.33. The summed E-state index contributed by atoms with van der Waals surface area (Å²) in [5.74, 6) is 0. The lowest BCUT2D eigenvalue weighted by atomic mass is 9.96. The summed E-state index contributed by atoms with van der Waals surface area (Å²) in [4.78, 5) is 2.21. The van der Waals surface area contributed by atoms with Gasteiger partial charge in [0.15, 0.2) is 0 Å². The Labute approximate surface area is 130 Å². The second-order valence-electron chi connectivity index (χ2n) is 6.20. The zero-order valence-electron chi connectivity index (χ0n) is 12.3. The number of nitrogens with two attached hydrogens (primary N) is 1. The zero-order valence-corrected chi connectivity index (χ0v) is 13.9. The smallest absolute Gasteiger partial charge is 0.0774 e. The SMILES string of the molecule is CC(N)C(c1ccc(Br)cc1)N(C)CC1(O)CCCC1. The Kier molecular flexibility index (Phi) is 5.24. The van der Waals surface area contributed by atoms with Gasteiger partial charge in [-0.3, -0.25) is 4.90 Å². The fourth-order valence-corrected chi connectivity index (χ4v) is 3.64. The molecule has 3 nitrogen and oxygen atoms in total. The first kappa shape index (κ1) is 16.0. The van der Waals surface area contributed by atoms with Gasteiger partial charge >= 0.3 is 0 Å². The van der Waals surface area contributed by atoms with Crippen molar-refractivity contribution < 1.29 is 5.11 Å². The fourth-order valence-electron chi connectivity index (χ4n) is 3.37. The molecule has 0 radical (unpaired) electrons. The van der Waals surface area contributed by atoms with Crippen molar-refractivity contribution in [3.8, 4) is 0 Å². The molecule has 3 N–H and O–H groups in total. The molecule has 2 rings (SSSR count). The van der Waals surface area contributed by atoms with E-state index in [2.05, 4.69) is 40.0 Å². The number of aliphatic hydroxyl groups is 1.